The average molecular weight is 318 g/mol. The fourth-order valence-electron chi connectivity index (χ4n) is 3.39. The minimum absolute atomic E-state index is 0.741. The number of nitrogen functional groups attached to an aromatic ring is 1. The highest BCUT2D eigenvalue weighted by Gasteiger charge is 2.19. The topological polar surface area (TPSA) is 29.3 Å². The number of rotatable bonds is 4. The number of unbranched alkanes of at least 4 members (excludes halogenated alkanes) is 1. The second-order valence-corrected chi connectivity index (χ2v) is 6.56. The van der Waals surface area contributed by atoms with E-state index in [-0.39, 0.29) is 0 Å². The van der Waals surface area contributed by atoms with Gasteiger partial charge in [0.05, 0.1) is 0 Å². The minimum atomic E-state index is 0.741. The fraction of sp³-hybridized carbons (Fsp3) is 0.364. The van der Waals surface area contributed by atoms with Gasteiger partial charge in [-0.1, -0.05) is 48.2 Å². The molecule has 1 aliphatic rings. The molecule has 2 aromatic rings. The summed E-state index contributed by atoms with van der Waals surface area (Å²) in [6.45, 7) is 3.58. The number of benzene rings is 2. The van der Waals surface area contributed by atoms with E-state index in [0.29, 0.717) is 0 Å². The van der Waals surface area contributed by atoms with E-state index in [1.807, 2.05) is 24.3 Å². The van der Waals surface area contributed by atoms with Gasteiger partial charge in [0.15, 0.2) is 0 Å². The van der Waals surface area contributed by atoms with E-state index in [1.54, 1.807) is 0 Å². The molecule has 0 radical (unpaired) electrons. The highest BCUT2D eigenvalue weighted by atomic mass is 15.1. The summed E-state index contributed by atoms with van der Waals surface area (Å²) in [6, 6.07) is 18.7. The van der Waals surface area contributed by atoms with Crippen molar-refractivity contribution in [2.24, 2.45) is 0 Å². The van der Waals surface area contributed by atoms with E-state index in [0.717, 1.165) is 36.6 Å². The molecule has 3 rings (SSSR count). The number of nitrogens with zero attached hydrogens (tertiary/aromatic N) is 1. The smallest absolute Gasteiger partial charge is 0.0326 e. The Hall–Kier alpha value is -2.24. The lowest BCUT2D eigenvalue weighted by Crippen LogP contribution is -2.33. The van der Waals surface area contributed by atoms with Crippen LogP contribution < -0.4 is 5.73 Å². The normalized spacial score (nSPS) is 15.7. The van der Waals surface area contributed by atoms with Crippen LogP contribution in [0.5, 0.6) is 0 Å². The Bertz CT molecular complexity index is 689. The predicted octanol–water partition coefficient (Wildman–Crippen LogP) is 4.28. The summed E-state index contributed by atoms with van der Waals surface area (Å²) < 4.78 is 0. The van der Waals surface area contributed by atoms with Crippen LogP contribution in [0, 0.1) is 11.8 Å². The summed E-state index contributed by atoms with van der Waals surface area (Å²) in [5.74, 6) is 7.22. The lowest BCUT2D eigenvalue weighted by Gasteiger charge is -2.32. The van der Waals surface area contributed by atoms with Crippen LogP contribution in [-0.4, -0.2) is 24.5 Å². The molecule has 1 fully saturated rings. The molecule has 2 aromatic carbocycles. The first-order valence-corrected chi connectivity index (χ1v) is 8.93. The molecular formula is C22H26N2. The van der Waals surface area contributed by atoms with Gasteiger partial charge in [-0.05, 0) is 68.6 Å². The second kappa shape index (κ2) is 8.57. The molecule has 2 heteroatoms. The number of hydrogen-bond donors (Lipinski definition) is 1. The lowest BCUT2D eigenvalue weighted by atomic mass is 9.89. The van der Waals surface area contributed by atoms with Crippen molar-refractivity contribution in [1.82, 2.24) is 4.90 Å². The molecular weight excluding hydrogens is 292 g/mol. The van der Waals surface area contributed by atoms with Crippen LogP contribution >= 0.6 is 0 Å². The van der Waals surface area contributed by atoms with Crippen molar-refractivity contribution in [3.8, 4) is 11.8 Å². The molecule has 1 aliphatic heterocycles. The molecule has 0 aliphatic carbocycles. The SMILES string of the molecule is Nc1cccc(C#CCCCN2CCC(c3ccccc3)CC2)c1. The van der Waals surface area contributed by atoms with Crippen molar-refractivity contribution in [3.05, 3.63) is 65.7 Å². The Morgan fingerprint density at radius 1 is 1.00 bits per heavy atom. The van der Waals surface area contributed by atoms with Gasteiger partial charge in [-0.25, -0.2) is 0 Å². The Kier molecular flexibility index (Phi) is 5.93. The highest BCUT2D eigenvalue weighted by molar-refractivity contribution is 5.46. The zero-order valence-electron chi connectivity index (χ0n) is 14.2. The third kappa shape index (κ3) is 4.88. The molecule has 1 saturated heterocycles. The molecule has 0 bridgehead atoms. The van der Waals surface area contributed by atoms with Crippen molar-refractivity contribution in [3.63, 3.8) is 0 Å². The molecule has 1 heterocycles. The maximum Gasteiger partial charge on any atom is 0.0326 e. The quantitative estimate of drug-likeness (QED) is 0.518. The zero-order valence-corrected chi connectivity index (χ0v) is 14.2. The van der Waals surface area contributed by atoms with E-state index >= 15 is 0 Å². The molecule has 0 spiro atoms. The molecule has 0 saturated carbocycles. The van der Waals surface area contributed by atoms with Gasteiger partial charge in [-0.15, -0.1) is 0 Å². The summed E-state index contributed by atoms with van der Waals surface area (Å²) >= 11 is 0. The van der Waals surface area contributed by atoms with Gasteiger partial charge in [-0.3, -0.25) is 0 Å². The summed E-state index contributed by atoms with van der Waals surface area (Å²) in [5.41, 5.74) is 9.06. The third-order valence-electron chi connectivity index (χ3n) is 4.75. The summed E-state index contributed by atoms with van der Waals surface area (Å²) in [4.78, 5) is 2.58. The van der Waals surface area contributed by atoms with Crippen LogP contribution in [0.2, 0.25) is 0 Å². The number of piperidine rings is 1. The molecule has 24 heavy (non-hydrogen) atoms. The van der Waals surface area contributed by atoms with Crippen LogP contribution in [0.25, 0.3) is 0 Å². The first kappa shape index (κ1) is 16.6. The highest BCUT2D eigenvalue weighted by Crippen LogP contribution is 2.27. The van der Waals surface area contributed by atoms with Crippen molar-refractivity contribution in [2.75, 3.05) is 25.4 Å². The molecule has 2 nitrogen and oxygen atoms in total. The van der Waals surface area contributed by atoms with Gasteiger partial charge < -0.3 is 10.6 Å². The lowest BCUT2D eigenvalue weighted by molar-refractivity contribution is 0.211. The predicted molar refractivity (Wildman–Crippen MR) is 102 cm³/mol. The first-order valence-electron chi connectivity index (χ1n) is 8.93. The van der Waals surface area contributed by atoms with Gasteiger partial charge in [0.1, 0.15) is 0 Å². The summed E-state index contributed by atoms with van der Waals surface area (Å²) in [5, 5.41) is 0. The Balaban J connectivity index is 1.37. The third-order valence-corrected chi connectivity index (χ3v) is 4.75. The number of hydrogen-bond acceptors (Lipinski definition) is 2. The van der Waals surface area contributed by atoms with Crippen LogP contribution in [0.3, 0.4) is 0 Å². The standard InChI is InChI=1S/C22H26N2/c23-22-12-7-9-19(18-22)8-3-2-6-15-24-16-13-21(14-17-24)20-10-4-1-5-11-20/h1,4-5,7,9-12,18,21H,2,6,13-17,23H2. The largest absolute Gasteiger partial charge is 0.399 e. The van der Waals surface area contributed by atoms with E-state index in [4.69, 9.17) is 5.73 Å². The molecule has 2 N–H and O–H groups in total. The van der Waals surface area contributed by atoms with Crippen LogP contribution in [0.1, 0.15) is 42.7 Å². The number of nitrogens with two attached hydrogens (primary N) is 1. The van der Waals surface area contributed by atoms with Gasteiger partial charge in [0.25, 0.3) is 0 Å². The van der Waals surface area contributed by atoms with Gasteiger partial charge in [0, 0.05) is 17.7 Å². The van der Waals surface area contributed by atoms with Gasteiger partial charge >= 0.3 is 0 Å². The zero-order chi connectivity index (χ0) is 16.6. The molecule has 0 amide bonds. The van der Waals surface area contributed by atoms with Crippen LogP contribution in [-0.2, 0) is 0 Å². The van der Waals surface area contributed by atoms with E-state index in [2.05, 4.69) is 47.1 Å². The molecule has 124 valence electrons. The van der Waals surface area contributed by atoms with Crippen molar-refractivity contribution >= 4 is 5.69 Å². The maximum absolute atomic E-state index is 5.77. The Morgan fingerprint density at radius 3 is 2.54 bits per heavy atom. The number of likely N-dealkylation sites (tertiary alicyclic amines) is 1. The van der Waals surface area contributed by atoms with Crippen molar-refractivity contribution in [2.45, 2.75) is 31.6 Å². The van der Waals surface area contributed by atoms with E-state index < -0.39 is 0 Å². The summed E-state index contributed by atoms with van der Waals surface area (Å²) in [6.07, 6.45) is 4.65. The van der Waals surface area contributed by atoms with Gasteiger partial charge in [0.2, 0.25) is 0 Å². The van der Waals surface area contributed by atoms with E-state index in [1.165, 1.54) is 31.5 Å². The maximum atomic E-state index is 5.77. The minimum Gasteiger partial charge on any atom is -0.399 e. The van der Waals surface area contributed by atoms with E-state index in [9.17, 15) is 0 Å². The molecule has 0 aromatic heterocycles. The monoisotopic (exact) mass is 318 g/mol. The van der Waals surface area contributed by atoms with Crippen molar-refractivity contribution < 1.29 is 0 Å². The Morgan fingerprint density at radius 2 is 1.79 bits per heavy atom. The first-order chi connectivity index (χ1) is 11.8. The van der Waals surface area contributed by atoms with Crippen LogP contribution in [0.15, 0.2) is 54.6 Å². The second-order valence-electron chi connectivity index (χ2n) is 6.56. The van der Waals surface area contributed by atoms with Crippen molar-refractivity contribution in [1.29, 1.82) is 0 Å². The number of anilines is 1. The van der Waals surface area contributed by atoms with Crippen LogP contribution in [0.4, 0.5) is 5.69 Å². The average Bonchev–Trinajstić information content (AvgIpc) is 2.63. The molecule has 0 unspecified atom stereocenters. The fourth-order valence-corrected chi connectivity index (χ4v) is 3.39. The summed E-state index contributed by atoms with van der Waals surface area (Å²) in [7, 11) is 0. The Labute approximate surface area is 145 Å². The van der Waals surface area contributed by atoms with Gasteiger partial charge in [-0.2, -0.15) is 0 Å². The molecule has 0 atom stereocenters.